The second kappa shape index (κ2) is 4.63. The van der Waals surface area contributed by atoms with Crippen LogP contribution < -0.4 is 0 Å². The Kier molecular flexibility index (Phi) is 4.56. The minimum absolute atomic E-state index is 0.0445. The van der Waals surface area contributed by atoms with E-state index in [1.165, 1.54) is 0 Å². The SMILES string of the molecule is C=CP(=O)(O)OCCCO. The van der Waals surface area contributed by atoms with Gasteiger partial charge in [-0.2, -0.15) is 0 Å². The van der Waals surface area contributed by atoms with Crippen LogP contribution in [0.15, 0.2) is 12.4 Å². The van der Waals surface area contributed by atoms with Crippen molar-refractivity contribution in [1.29, 1.82) is 0 Å². The van der Waals surface area contributed by atoms with E-state index >= 15 is 0 Å². The van der Waals surface area contributed by atoms with E-state index in [0.717, 1.165) is 5.82 Å². The first-order valence-corrected chi connectivity index (χ1v) is 4.48. The zero-order valence-corrected chi connectivity index (χ0v) is 6.46. The van der Waals surface area contributed by atoms with E-state index in [4.69, 9.17) is 10.00 Å². The lowest BCUT2D eigenvalue weighted by Crippen LogP contribution is -1.93. The number of aliphatic hydroxyl groups excluding tert-OH is 1. The van der Waals surface area contributed by atoms with Gasteiger partial charge in [-0.3, -0.25) is 4.57 Å². The maximum Gasteiger partial charge on any atom is 0.351 e. The minimum Gasteiger partial charge on any atom is -0.396 e. The average molecular weight is 166 g/mol. The molecule has 0 saturated heterocycles. The Morgan fingerprint density at radius 1 is 1.70 bits per heavy atom. The molecule has 0 aromatic rings. The van der Waals surface area contributed by atoms with Gasteiger partial charge in [0.05, 0.1) is 6.61 Å². The van der Waals surface area contributed by atoms with Crippen molar-refractivity contribution in [2.24, 2.45) is 0 Å². The van der Waals surface area contributed by atoms with Gasteiger partial charge in [0.1, 0.15) is 0 Å². The van der Waals surface area contributed by atoms with Crippen molar-refractivity contribution < 1.29 is 19.1 Å². The molecule has 4 nitrogen and oxygen atoms in total. The summed E-state index contributed by atoms with van der Waals surface area (Å²) in [5.74, 6) is 0.865. The fourth-order valence-corrected chi connectivity index (χ4v) is 0.809. The van der Waals surface area contributed by atoms with Crippen LogP contribution in [0.5, 0.6) is 0 Å². The number of hydrogen-bond donors (Lipinski definition) is 2. The Balaban J connectivity index is 3.47. The topological polar surface area (TPSA) is 66.8 Å². The molecule has 2 N–H and O–H groups in total. The highest BCUT2D eigenvalue weighted by Crippen LogP contribution is 2.42. The fourth-order valence-electron chi connectivity index (χ4n) is 0.313. The largest absolute Gasteiger partial charge is 0.396 e. The van der Waals surface area contributed by atoms with Crippen molar-refractivity contribution in [2.45, 2.75) is 6.42 Å². The summed E-state index contributed by atoms with van der Waals surface area (Å²) >= 11 is 0. The van der Waals surface area contributed by atoms with Gasteiger partial charge < -0.3 is 14.5 Å². The van der Waals surface area contributed by atoms with Gasteiger partial charge in [0.25, 0.3) is 0 Å². The first-order valence-electron chi connectivity index (χ1n) is 2.84. The second-order valence-corrected chi connectivity index (χ2v) is 3.41. The smallest absolute Gasteiger partial charge is 0.351 e. The molecular weight excluding hydrogens is 155 g/mol. The van der Waals surface area contributed by atoms with Gasteiger partial charge in [-0.1, -0.05) is 6.58 Å². The molecule has 0 aliphatic heterocycles. The van der Waals surface area contributed by atoms with Crippen molar-refractivity contribution in [2.75, 3.05) is 13.2 Å². The monoisotopic (exact) mass is 166 g/mol. The van der Waals surface area contributed by atoms with Crippen molar-refractivity contribution in [3.63, 3.8) is 0 Å². The van der Waals surface area contributed by atoms with E-state index in [2.05, 4.69) is 11.1 Å². The number of aliphatic hydroxyl groups is 1. The third-order valence-electron chi connectivity index (χ3n) is 0.809. The zero-order valence-electron chi connectivity index (χ0n) is 5.56. The van der Waals surface area contributed by atoms with Gasteiger partial charge in [0.2, 0.25) is 0 Å². The Hall–Kier alpha value is -0.150. The first kappa shape index (κ1) is 9.85. The van der Waals surface area contributed by atoms with E-state index in [0.29, 0.717) is 6.42 Å². The molecule has 0 spiro atoms. The van der Waals surface area contributed by atoms with Crippen molar-refractivity contribution in [1.82, 2.24) is 0 Å². The highest BCUT2D eigenvalue weighted by atomic mass is 31.2. The lowest BCUT2D eigenvalue weighted by molar-refractivity contribution is 0.218. The average Bonchev–Trinajstić information content (AvgIpc) is 1.89. The maximum atomic E-state index is 10.6. The van der Waals surface area contributed by atoms with Crippen LogP contribution >= 0.6 is 7.60 Å². The predicted molar refractivity (Wildman–Crippen MR) is 37.7 cm³/mol. The Bertz CT molecular complexity index is 145. The first-order chi connectivity index (χ1) is 4.62. The second-order valence-electron chi connectivity index (χ2n) is 1.66. The Morgan fingerprint density at radius 2 is 2.30 bits per heavy atom. The van der Waals surface area contributed by atoms with Crippen LogP contribution in [0.25, 0.3) is 0 Å². The van der Waals surface area contributed by atoms with Gasteiger partial charge in [0.15, 0.2) is 0 Å². The number of hydrogen-bond acceptors (Lipinski definition) is 3. The highest BCUT2D eigenvalue weighted by molar-refractivity contribution is 7.56. The van der Waals surface area contributed by atoms with Crippen LogP contribution in [0, 0.1) is 0 Å². The van der Waals surface area contributed by atoms with Gasteiger partial charge >= 0.3 is 7.60 Å². The molecule has 0 rings (SSSR count). The quantitative estimate of drug-likeness (QED) is 0.466. The molecule has 0 saturated carbocycles. The molecule has 1 unspecified atom stereocenters. The third-order valence-corrected chi connectivity index (χ3v) is 1.82. The van der Waals surface area contributed by atoms with E-state index in [1.807, 2.05) is 0 Å². The lowest BCUT2D eigenvalue weighted by atomic mass is 10.5. The van der Waals surface area contributed by atoms with Crippen LogP contribution in [-0.2, 0) is 9.09 Å². The minimum atomic E-state index is -3.55. The summed E-state index contributed by atoms with van der Waals surface area (Å²) in [5, 5.41) is 8.26. The molecule has 0 radical (unpaired) electrons. The summed E-state index contributed by atoms with van der Waals surface area (Å²) in [6.07, 6.45) is 0.360. The van der Waals surface area contributed by atoms with E-state index in [1.54, 1.807) is 0 Å². The standard InChI is InChI=1S/C5H11O4P/c1-2-10(7,8)9-5-3-4-6/h2,6H,1,3-5H2,(H,7,8). The third kappa shape index (κ3) is 4.70. The summed E-state index contributed by atoms with van der Waals surface area (Å²) in [6, 6.07) is 0. The molecule has 0 aromatic carbocycles. The molecule has 0 fully saturated rings. The van der Waals surface area contributed by atoms with Gasteiger partial charge in [-0.25, -0.2) is 0 Å². The summed E-state index contributed by atoms with van der Waals surface area (Å²) in [4.78, 5) is 8.68. The summed E-state index contributed by atoms with van der Waals surface area (Å²) < 4.78 is 15.0. The molecule has 0 aromatic heterocycles. The normalized spacial score (nSPS) is 16.2. The summed E-state index contributed by atoms with van der Waals surface area (Å²) in [6.45, 7) is 3.15. The molecule has 60 valence electrons. The van der Waals surface area contributed by atoms with Gasteiger partial charge in [0, 0.05) is 12.4 Å². The molecule has 0 heterocycles. The highest BCUT2D eigenvalue weighted by Gasteiger charge is 2.11. The van der Waals surface area contributed by atoms with E-state index < -0.39 is 7.60 Å². The van der Waals surface area contributed by atoms with Crippen molar-refractivity contribution >= 4 is 7.60 Å². The zero-order chi connectivity index (χ0) is 8.04. The lowest BCUT2D eigenvalue weighted by Gasteiger charge is -2.05. The number of rotatable bonds is 5. The van der Waals surface area contributed by atoms with Crippen LogP contribution in [0.3, 0.4) is 0 Å². The van der Waals surface area contributed by atoms with Crippen LogP contribution in [-0.4, -0.2) is 23.2 Å². The van der Waals surface area contributed by atoms with Gasteiger partial charge in [-0.15, -0.1) is 0 Å². The summed E-state index contributed by atoms with van der Waals surface area (Å²) in [5.41, 5.74) is 0. The summed E-state index contributed by atoms with van der Waals surface area (Å²) in [7, 11) is -3.55. The molecule has 1 atom stereocenters. The fraction of sp³-hybridized carbons (Fsp3) is 0.600. The van der Waals surface area contributed by atoms with Crippen LogP contribution in [0.2, 0.25) is 0 Å². The molecule has 0 aliphatic rings. The molecule has 10 heavy (non-hydrogen) atoms. The maximum absolute atomic E-state index is 10.6. The molecule has 0 aliphatic carbocycles. The Morgan fingerprint density at radius 3 is 2.70 bits per heavy atom. The van der Waals surface area contributed by atoms with Crippen LogP contribution in [0.1, 0.15) is 6.42 Å². The molecule has 0 bridgehead atoms. The van der Waals surface area contributed by atoms with Crippen LogP contribution in [0.4, 0.5) is 0 Å². The van der Waals surface area contributed by atoms with E-state index in [9.17, 15) is 4.57 Å². The van der Waals surface area contributed by atoms with Crippen molar-refractivity contribution in [3.8, 4) is 0 Å². The van der Waals surface area contributed by atoms with Crippen molar-refractivity contribution in [3.05, 3.63) is 12.4 Å². The van der Waals surface area contributed by atoms with Gasteiger partial charge in [-0.05, 0) is 6.42 Å². The molecule has 5 heteroatoms. The molecule has 0 amide bonds. The van der Waals surface area contributed by atoms with E-state index in [-0.39, 0.29) is 13.2 Å². The molecular formula is C5H11O4P. The Labute approximate surface area is 59.7 Å². The predicted octanol–water partition coefficient (Wildman–Crippen LogP) is 0.714.